The third kappa shape index (κ3) is 1.73. The van der Waals surface area contributed by atoms with Crippen molar-refractivity contribution in [1.82, 2.24) is 0 Å². The number of anilines is 1. The lowest BCUT2D eigenvalue weighted by Gasteiger charge is -2.53. The van der Waals surface area contributed by atoms with Crippen molar-refractivity contribution in [1.29, 1.82) is 0 Å². The molecule has 1 heterocycles. The summed E-state index contributed by atoms with van der Waals surface area (Å²) >= 11 is 0. The molecule has 0 spiro atoms. The first-order chi connectivity index (χ1) is 8.62. The van der Waals surface area contributed by atoms with Crippen molar-refractivity contribution < 1.29 is 4.74 Å². The van der Waals surface area contributed by atoms with Gasteiger partial charge in [0.05, 0.1) is 13.2 Å². The smallest absolute Gasteiger partial charge is 0.0588 e. The fourth-order valence-electron chi connectivity index (χ4n) is 3.16. The summed E-state index contributed by atoms with van der Waals surface area (Å²) in [6.45, 7) is 1.73. The predicted molar refractivity (Wildman–Crippen MR) is 74.0 cm³/mol. The largest absolute Gasteiger partial charge is 0.379 e. The molecule has 3 heteroatoms. The van der Waals surface area contributed by atoms with Crippen LogP contribution in [-0.2, 0) is 10.2 Å². The molecular formula is C15H22N2O. The Morgan fingerprint density at radius 2 is 1.78 bits per heavy atom. The summed E-state index contributed by atoms with van der Waals surface area (Å²) in [7, 11) is 4.14. The second-order valence-electron chi connectivity index (χ2n) is 6.02. The van der Waals surface area contributed by atoms with Gasteiger partial charge in [0.2, 0.25) is 0 Å². The number of nitrogens with zero attached hydrogens (tertiary/aromatic N) is 1. The average molecular weight is 246 g/mol. The van der Waals surface area contributed by atoms with Crippen molar-refractivity contribution in [2.45, 2.75) is 24.3 Å². The van der Waals surface area contributed by atoms with E-state index in [4.69, 9.17) is 10.5 Å². The van der Waals surface area contributed by atoms with E-state index in [1.807, 2.05) is 0 Å². The Morgan fingerprint density at radius 3 is 2.17 bits per heavy atom. The normalized spacial score (nSPS) is 29.3. The van der Waals surface area contributed by atoms with Gasteiger partial charge in [-0.25, -0.2) is 0 Å². The molecule has 1 aliphatic carbocycles. The number of nitrogens with two attached hydrogens (primary N) is 1. The molecule has 2 fully saturated rings. The Bertz CT molecular complexity index is 417. The topological polar surface area (TPSA) is 38.5 Å². The maximum Gasteiger partial charge on any atom is 0.0588 e. The summed E-state index contributed by atoms with van der Waals surface area (Å²) in [6.07, 6.45) is 2.30. The molecule has 1 saturated carbocycles. The van der Waals surface area contributed by atoms with Crippen LogP contribution in [0.5, 0.6) is 0 Å². The zero-order valence-corrected chi connectivity index (χ0v) is 11.2. The van der Waals surface area contributed by atoms with Crippen LogP contribution in [0.25, 0.3) is 0 Å². The number of rotatable bonds is 3. The minimum atomic E-state index is 0.251. The lowest BCUT2D eigenvalue weighted by Crippen LogP contribution is -2.58. The van der Waals surface area contributed by atoms with E-state index in [1.165, 1.54) is 11.3 Å². The second-order valence-corrected chi connectivity index (χ2v) is 6.02. The Labute approximate surface area is 109 Å². The summed E-state index contributed by atoms with van der Waals surface area (Å²) in [4.78, 5) is 2.13. The average Bonchev–Trinajstić information content (AvgIpc) is 2.26. The molecule has 98 valence electrons. The zero-order chi connectivity index (χ0) is 12.8. The highest BCUT2D eigenvalue weighted by atomic mass is 16.5. The maximum absolute atomic E-state index is 5.94. The fraction of sp³-hybridized carbons (Fsp3) is 0.600. The molecule has 18 heavy (non-hydrogen) atoms. The predicted octanol–water partition coefficient (Wildman–Crippen LogP) is 1.76. The number of benzene rings is 1. The molecule has 2 aliphatic rings. The van der Waals surface area contributed by atoms with E-state index >= 15 is 0 Å². The van der Waals surface area contributed by atoms with Crippen LogP contribution < -0.4 is 10.6 Å². The van der Waals surface area contributed by atoms with Gasteiger partial charge in [0.25, 0.3) is 0 Å². The Balaban J connectivity index is 1.83. The maximum atomic E-state index is 5.94. The van der Waals surface area contributed by atoms with Gasteiger partial charge in [-0.15, -0.1) is 0 Å². The van der Waals surface area contributed by atoms with Gasteiger partial charge in [0.1, 0.15) is 0 Å². The number of hydrogen-bond acceptors (Lipinski definition) is 3. The first-order valence-electron chi connectivity index (χ1n) is 6.73. The fourth-order valence-corrected chi connectivity index (χ4v) is 3.16. The minimum absolute atomic E-state index is 0.251. The molecule has 3 rings (SSSR count). The molecule has 3 nitrogen and oxygen atoms in total. The summed E-state index contributed by atoms with van der Waals surface area (Å²) in [5, 5.41) is 0. The second kappa shape index (κ2) is 4.25. The molecule has 0 aromatic heterocycles. The van der Waals surface area contributed by atoms with Crippen LogP contribution in [-0.4, -0.2) is 33.4 Å². The zero-order valence-electron chi connectivity index (χ0n) is 11.2. The van der Waals surface area contributed by atoms with Gasteiger partial charge >= 0.3 is 0 Å². The minimum Gasteiger partial charge on any atom is -0.379 e. The van der Waals surface area contributed by atoms with Gasteiger partial charge in [0, 0.05) is 31.2 Å². The third-order valence-electron chi connectivity index (χ3n) is 4.63. The van der Waals surface area contributed by atoms with Crippen LogP contribution in [0.2, 0.25) is 0 Å². The van der Waals surface area contributed by atoms with Crippen molar-refractivity contribution in [3.05, 3.63) is 29.8 Å². The van der Waals surface area contributed by atoms with Crippen LogP contribution >= 0.6 is 0 Å². The Hall–Kier alpha value is -1.06. The molecule has 0 unspecified atom stereocenters. The van der Waals surface area contributed by atoms with Gasteiger partial charge in [-0.3, -0.25) is 0 Å². The van der Waals surface area contributed by atoms with Crippen molar-refractivity contribution in [3.63, 3.8) is 0 Å². The quantitative estimate of drug-likeness (QED) is 0.883. The molecule has 0 amide bonds. The van der Waals surface area contributed by atoms with Gasteiger partial charge in [0.15, 0.2) is 0 Å². The molecule has 0 atom stereocenters. The van der Waals surface area contributed by atoms with E-state index in [9.17, 15) is 0 Å². The van der Waals surface area contributed by atoms with E-state index in [0.717, 1.165) is 26.1 Å². The highest BCUT2D eigenvalue weighted by Gasteiger charge is 2.51. The van der Waals surface area contributed by atoms with Gasteiger partial charge < -0.3 is 15.4 Å². The molecule has 1 aliphatic heterocycles. The first-order valence-corrected chi connectivity index (χ1v) is 6.73. The molecule has 0 radical (unpaired) electrons. The van der Waals surface area contributed by atoms with E-state index in [0.29, 0.717) is 12.0 Å². The Kier molecular flexibility index (Phi) is 2.83. The lowest BCUT2D eigenvalue weighted by atomic mass is 9.59. The summed E-state index contributed by atoms with van der Waals surface area (Å²) in [5.41, 5.74) is 8.87. The summed E-state index contributed by atoms with van der Waals surface area (Å²) in [6, 6.07) is 9.35. The third-order valence-corrected chi connectivity index (χ3v) is 4.63. The molecule has 1 aromatic rings. The van der Waals surface area contributed by atoms with Crippen LogP contribution in [0, 0.1) is 5.92 Å². The molecule has 2 N–H and O–H groups in total. The van der Waals surface area contributed by atoms with Gasteiger partial charge in [-0.2, -0.15) is 0 Å². The number of hydrogen-bond donors (Lipinski definition) is 1. The van der Waals surface area contributed by atoms with E-state index in [1.54, 1.807) is 0 Å². The lowest BCUT2D eigenvalue weighted by molar-refractivity contribution is -0.111. The van der Waals surface area contributed by atoms with Crippen molar-refractivity contribution in [3.8, 4) is 0 Å². The van der Waals surface area contributed by atoms with Crippen molar-refractivity contribution in [2.75, 3.05) is 32.2 Å². The summed E-state index contributed by atoms with van der Waals surface area (Å²) in [5.74, 6) is 0.714. The molecule has 1 aromatic carbocycles. The van der Waals surface area contributed by atoms with Gasteiger partial charge in [-0.1, -0.05) is 12.1 Å². The Morgan fingerprint density at radius 1 is 1.17 bits per heavy atom. The van der Waals surface area contributed by atoms with Crippen LogP contribution in [0.3, 0.4) is 0 Å². The standard InChI is InChI=1S/C15H22N2O/c1-17(2)14-5-3-11(4-6-14)15(9-18-10-15)12-7-13(16)8-12/h3-6,12-13H,7-10,16H2,1-2H3. The highest BCUT2D eigenvalue weighted by molar-refractivity contribution is 5.48. The molecule has 0 bridgehead atoms. The van der Waals surface area contributed by atoms with E-state index in [2.05, 4.69) is 43.3 Å². The number of ether oxygens (including phenoxy) is 1. The van der Waals surface area contributed by atoms with E-state index in [-0.39, 0.29) is 5.41 Å². The van der Waals surface area contributed by atoms with Crippen molar-refractivity contribution in [2.24, 2.45) is 11.7 Å². The summed E-state index contributed by atoms with van der Waals surface area (Å²) < 4.78 is 5.51. The first kappa shape index (κ1) is 12.0. The SMILES string of the molecule is CN(C)c1ccc(C2(C3CC(N)C3)COC2)cc1. The van der Waals surface area contributed by atoms with E-state index < -0.39 is 0 Å². The van der Waals surface area contributed by atoms with Crippen molar-refractivity contribution >= 4 is 5.69 Å². The highest BCUT2D eigenvalue weighted by Crippen LogP contribution is 2.48. The van der Waals surface area contributed by atoms with Gasteiger partial charge in [-0.05, 0) is 36.5 Å². The van der Waals surface area contributed by atoms with Crippen LogP contribution in [0.15, 0.2) is 24.3 Å². The molecular weight excluding hydrogens is 224 g/mol. The van der Waals surface area contributed by atoms with Crippen LogP contribution in [0.4, 0.5) is 5.69 Å². The van der Waals surface area contributed by atoms with Crippen LogP contribution in [0.1, 0.15) is 18.4 Å². The monoisotopic (exact) mass is 246 g/mol. The molecule has 1 saturated heterocycles.